The van der Waals surface area contributed by atoms with E-state index in [4.69, 9.17) is 0 Å². The molecule has 5 nitrogen and oxygen atoms in total. The van der Waals surface area contributed by atoms with Crippen LogP contribution in [0.25, 0.3) is 0 Å². The average Bonchev–Trinajstić information content (AvgIpc) is 2.47. The number of hydrogen-bond donors (Lipinski definition) is 0. The van der Waals surface area contributed by atoms with Gasteiger partial charge in [0.15, 0.2) is 0 Å². The van der Waals surface area contributed by atoms with E-state index in [-0.39, 0.29) is 57.1 Å². The summed E-state index contributed by atoms with van der Waals surface area (Å²) in [6.45, 7) is 1.31. The minimum atomic E-state index is -1.18. The molecule has 1 rings (SSSR count). The Bertz CT molecular complexity index is 299. The van der Waals surface area contributed by atoms with E-state index in [0.29, 0.717) is 6.54 Å². The van der Waals surface area contributed by atoms with Crippen molar-refractivity contribution < 1.29 is 61.3 Å². The smallest absolute Gasteiger partial charge is 0.543 e. The molecule has 0 N–H and O–H groups in total. The molecule has 1 aromatic rings. The zero-order chi connectivity index (χ0) is 9.84. The Morgan fingerprint density at radius 3 is 2.79 bits per heavy atom. The monoisotopic (exact) mass is 221 g/mol. The number of carbonyl (C=O) groups excluding carboxylic acids is 1. The molecule has 0 bridgehead atoms. The van der Waals surface area contributed by atoms with E-state index in [0.717, 1.165) is 6.54 Å². The summed E-state index contributed by atoms with van der Waals surface area (Å²) in [6.07, 6.45) is 1.46. The fourth-order valence-electron chi connectivity index (χ4n) is 0.979. The molecule has 6 heteroatoms. The first-order chi connectivity index (χ1) is 6.11. The normalized spacial score (nSPS) is 9.93. The van der Waals surface area contributed by atoms with Crippen molar-refractivity contribution in [3.05, 3.63) is 18.0 Å². The standard InChI is InChI=1S/C8H13N3O2.K/c1-10(2)5-6-11-7(8(12)13)3-4-9-11;/h3-4H,5-6H2,1-2H3,(H,12,13);/q;+1/p-1. The van der Waals surface area contributed by atoms with Crippen LogP contribution < -0.4 is 56.5 Å². The molecule has 72 valence electrons. The molecule has 0 radical (unpaired) electrons. The predicted molar refractivity (Wildman–Crippen MR) is 45.1 cm³/mol. The number of carboxylic acid groups (broad SMARTS) is 1. The Kier molecular flexibility index (Phi) is 6.84. The van der Waals surface area contributed by atoms with Gasteiger partial charge in [0.05, 0.1) is 18.2 Å². The van der Waals surface area contributed by atoms with Crippen LogP contribution in [0.1, 0.15) is 10.5 Å². The summed E-state index contributed by atoms with van der Waals surface area (Å²) in [4.78, 5) is 12.5. The third kappa shape index (κ3) is 4.20. The molecule has 0 aliphatic rings. The van der Waals surface area contributed by atoms with E-state index in [1.54, 1.807) is 0 Å². The van der Waals surface area contributed by atoms with Gasteiger partial charge in [-0.1, -0.05) is 0 Å². The molecule has 0 aliphatic heterocycles. The maximum absolute atomic E-state index is 10.5. The van der Waals surface area contributed by atoms with Crippen LogP contribution >= 0.6 is 0 Å². The van der Waals surface area contributed by atoms with E-state index in [2.05, 4.69) is 5.10 Å². The molecule has 0 aromatic carbocycles. The van der Waals surface area contributed by atoms with Crippen molar-refractivity contribution >= 4 is 5.97 Å². The van der Waals surface area contributed by atoms with E-state index >= 15 is 0 Å². The molecule has 0 fully saturated rings. The largest absolute Gasteiger partial charge is 1.00 e. The topological polar surface area (TPSA) is 61.2 Å². The fraction of sp³-hybridized carbons (Fsp3) is 0.500. The van der Waals surface area contributed by atoms with Gasteiger partial charge in [-0.25, -0.2) is 0 Å². The number of carbonyl (C=O) groups is 1. The molecule has 14 heavy (non-hydrogen) atoms. The number of hydrogen-bond acceptors (Lipinski definition) is 4. The number of nitrogens with zero attached hydrogens (tertiary/aromatic N) is 3. The Labute approximate surface area is 126 Å². The van der Waals surface area contributed by atoms with Crippen LogP contribution in [0.2, 0.25) is 0 Å². The maximum Gasteiger partial charge on any atom is 1.00 e. The zero-order valence-electron chi connectivity index (χ0n) is 8.73. The van der Waals surface area contributed by atoms with Gasteiger partial charge in [0.25, 0.3) is 0 Å². The van der Waals surface area contributed by atoms with Gasteiger partial charge in [0, 0.05) is 12.7 Å². The zero-order valence-corrected chi connectivity index (χ0v) is 11.9. The van der Waals surface area contributed by atoms with Crippen molar-refractivity contribution in [2.24, 2.45) is 0 Å². The summed E-state index contributed by atoms with van der Waals surface area (Å²) in [5.74, 6) is -1.18. The van der Waals surface area contributed by atoms with Crippen LogP contribution in [0.15, 0.2) is 12.3 Å². The Morgan fingerprint density at radius 2 is 2.29 bits per heavy atom. The van der Waals surface area contributed by atoms with Gasteiger partial charge < -0.3 is 14.8 Å². The summed E-state index contributed by atoms with van der Waals surface area (Å²) in [5.41, 5.74) is 0.127. The number of carboxylic acids is 1. The number of aromatic nitrogens is 2. The van der Waals surface area contributed by atoms with Gasteiger partial charge in [0.2, 0.25) is 0 Å². The molecule has 1 aromatic heterocycles. The molecular formula is C8H12KN3O2. The summed E-state index contributed by atoms with van der Waals surface area (Å²) in [6, 6.07) is 1.44. The Hall–Kier alpha value is 0.276. The van der Waals surface area contributed by atoms with Crippen LogP contribution in [0.4, 0.5) is 0 Å². The van der Waals surface area contributed by atoms with Gasteiger partial charge in [-0.15, -0.1) is 0 Å². The molecule has 0 amide bonds. The molecule has 0 aliphatic carbocycles. The van der Waals surface area contributed by atoms with Crippen molar-refractivity contribution in [2.75, 3.05) is 20.6 Å². The van der Waals surface area contributed by atoms with E-state index in [9.17, 15) is 9.90 Å². The van der Waals surface area contributed by atoms with E-state index in [1.807, 2.05) is 19.0 Å². The Morgan fingerprint density at radius 1 is 1.64 bits per heavy atom. The van der Waals surface area contributed by atoms with Crippen LogP contribution in [0.3, 0.4) is 0 Å². The summed E-state index contributed by atoms with van der Waals surface area (Å²) < 4.78 is 1.43. The van der Waals surface area contributed by atoms with Crippen LogP contribution in [0.5, 0.6) is 0 Å². The molecular weight excluding hydrogens is 209 g/mol. The van der Waals surface area contributed by atoms with Crippen molar-refractivity contribution in [1.29, 1.82) is 0 Å². The third-order valence-electron chi connectivity index (χ3n) is 1.68. The average molecular weight is 221 g/mol. The first-order valence-corrected chi connectivity index (χ1v) is 3.99. The summed E-state index contributed by atoms with van der Waals surface area (Å²) in [5, 5.41) is 14.4. The van der Waals surface area contributed by atoms with Gasteiger partial charge >= 0.3 is 51.4 Å². The third-order valence-corrected chi connectivity index (χ3v) is 1.68. The Balaban J connectivity index is 0.00000169. The van der Waals surface area contributed by atoms with Crippen LogP contribution in [0, 0.1) is 0 Å². The van der Waals surface area contributed by atoms with Crippen molar-refractivity contribution in [2.45, 2.75) is 6.54 Å². The molecule has 0 unspecified atom stereocenters. The first kappa shape index (κ1) is 14.3. The molecule has 1 heterocycles. The minimum Gasteiger partial charge on any atom is -0.543 e. The molecule has 0 atom stereocenters. The van der Waals surface area contributed by atoms with Crippen molar-refractivity contribution in [1.82, 2.24) is 14.7 Å². The minimum absolute atomic E-state index is 0. The molecule has 0 saturated carbocycles. The number of aromatic carboxylic acids is 1. The first-order valence-electron chi connectivity index (χ1n) is 3.99. The number of rotatable bonds is 4. The van der Waals surface area contributed by atoms with Crippen molar-refractivity contribution in [3.63, 3.8) is 0 Å². The SMILES string of the molecule is CN(C)CCn1nccc1C(=O)[O-].[K+]. The van der Waals surface area contributed by atoms with Crippen LogP contribution in [-0.2, 0) is 6.54 Å². The van der Waals surface area contributed by atoms with E-state index in [1.165, 1.54) is 16.9 Å². The van der Waals surface area contributed by atoms with Gasteiger partial charge in [0.1, 0.15) is 0 Å². The van der Waals surface area contributed by atoms with Gasteiger partial charge in [-0.2, -0.15) is 5.10 Å². The molecule has 0 saturated heterocycles. The predicted octanol–water partition coefficient (Wildman–Crippen LogP) is -4.19. The van der Waals surface area contributed by atoms with Crippen LogP contribution in [-0.4, -0.2) is 41.3 Å². The second-order valence-electron chi connectivity index (χ2n) is 3.03. The molecule has 0 spiro atoms. The second kappa shape index (κ2) is 6.70. The van der Waals surface area contributed by atoms with Gasteiger partial charge in [-0.3, -0.25) is 4.68 Å². The van der Waals surface area contributed by atoms with Gasteiger partial charge in [-0.05, 0) is 20.2 Å². The summed E-state index contributed by atoms with van der Waals surface area (Å²) in [7, 11) is 3.84. The second-order valence-corrected chi connectivity index (χ2v) is 3.03. The quantitative estimate of drug-likeness (QED) is 0.484. The summed E-state index contributed by atoms with van der Waals surface area (Å²) >= 11 is 0. The fourth-order valence-corrected chi connectivity index (χ4v) is 0.979. The van der Waals surface area contributed by atoms with E-state index < -0.39 is 5.97 Å². The maximum atomic E-state index is 10.5. The number of likely N-dealkylation sites (N-methyl/N-ethyl adjacent to an activating group) is 1. The van der Waals surface area contributed by atoms with Crippen molar-refractivity contribution in [3.8, 4) is 0 Å².